The van der Waals surface area contributed by atoms with Gasteiger partial charge < -0.3 is 14.6 Å². The molecular weight excluding hydrogens is 460 g/mol. The molecule has 3 rings (SSSR count). The zero-order chi connectivity index (χ0) is 22.4. The Balaban J connectivity index is 0.00000363. The normalized spacial score (nSPS) is 17.3. The molecule has 172 valence electrons. The lowest BCUT2D eigenvalue weighted by Gasteiger charge is -2.20. The van der Waals surface area contributed by atoms with Crippen molar-refractivity contribution in [3.8, 4) is 5.75 Å². The lowest BCUT2D eigenvalue weighted by atomic mass is 10.2. The van der Waals surface area contributed by atoms with Crippen molar-refractivity contribution in [2.75, 3.05) is 13.7 Å². The number of nitro benzene ring substituents is 1. The van der Waals surface area contributed by atoms with Crippen molar-refractivity contribution >= 4 is 41.9 Å². The largest absolute Gasteiger partial charge is 0.497 e. The van der Waals surface area contributed by atoms with Gasteiger partial charge in [0.15, 0.2) is 0 Å². The molecule has 0 saturated carbocycles. The molecule has 32 heavy (non-hydrogen) atoms. The molecule has 0 aliphatic carbocycles. The molecule has 2 aromatic carbocycles. The highest BCUT2D eigenvalue weighted by Crippen LogP contribution is 2.31. The molecule has 1 N–H and O–H groups in total. The van der Waals surface area contributed by atoms with Crippen LogP contribution in [0.15, 0.2) is 48.5 Å². The van der Waals surface area contributed by atoms with E-state index in [1.807, 2.05) is 24.3 Å². The predicted molar refractivity (Wildman–Crippen MR) is 121 cm³/mol. The topological polar surface area (TPSA) is 119 Å². The van der Waals surface area contributed by atoms with Gasteiger partial charge >= 0.3 is 12.1 Å². The van der Waals surface area contributed by atoms with Gasteiger partial charge in [-0.1, -0.05) is 12.1 Å². The number of aliphatic carboxylic acids is 1. The van der Waals surface area contributed by atoms with E-state index in [0.717, 1.165) is 11.3 Å². The molecule has 2 aromatic rings. The summed E-state index contributed by atoms with van der Waals surface area (Å²) in [6, 6.07) is 12.3. The molecule has 0 spiro atoms. The number of carbonyl (C=O) groups excluding carboxylic acids is 1. The summed E-state index contributed by atoms with van der Waals surface area (Å²) < 4.78 is 10.4. The van der Waals surface area contributed by atoms with Gasteiger partial charge in [-0.2, -0.15) is 11.8 Å². The Kier molecular flexibility index (Phi) is 9.15. The Labute approximate surface area is 195 Å². The first kappa shape index (κ1) is 25.3. The summed E-state index contributed by atoms with van der Waals surface area (Å²) in [7, 11) is 1.60. The van der Waals surface area contributed by atoms with Crippen molar-refractivity contribution in [2.45, 2.75) is 30.1 Å². The summed E-state index contributed by atoms with van der Waals surface area (Å²) in [5.41, 5.74) is 1.60. The zero-order valence-corrected chi connectivity index (χ0v) is 18.8. The van der Waals surface area contributed by atoms with Crippen LogP contribution < -0.4 is 4.74 Å². The molecule has 1 heterocycles. The van der Waals surface area contributed by atoms with E-state index >= 15 is 0 Å². The van der Waals surface area contributed by atoms with Crippen LogP contribution in [0.4, 0.5) is 10.5 Å². The first-order valence-corrected chi connectivity index (χ1v) is 10.6. The number of benzene rings is 2. The lowest BCUT2D eigenvalue weighted by Crippen LogP contribution is -2.40. The lowest BCUT2D eigenvalue weighted by molar-refractivity contribution is -0.384. The average Bonchev–Trinajstić information content (AvgIpc) is 3.21. The molecule has 0 unspecified atom stereocenters. The second kappa shape index (κ2) is 11.6. The number of nitro groups is 1. The Bertz CT molecular complexity index is 940. The summed E-state index contributed by atoms with van der Waals surface area (Å²) >= 11 is 1.59. The van der Waals surface area contributed by atoms with Crippen LogP contribution in [0.2, 0.25) is 0 Å². The van der Waals surface area contributed by atoms with E-state index in [0.29, 0.717) is 17.7 Å². The molecule has 0 radical (unpaired) electrons. The number of non-ortho nitro benzene ring substituents is 1. The van der Waals surface area contributed by atoms with E-state index in [1.165, 1.54) is 29.2 Å². The van der Waals surface area contributed by atoms with Gasteiger partial charge in [0.25, 0.3) is 5.69 Å². The van der Waals surface area contributed by atoms with Crippen LogP contribution in [-0.2, 0) is 21.9 Å². The number of carboxylic acids is 1. The van der Waals surface area contributed by atoms with E-state index in [4.69, 9.17) is 9.47 Å². The van der Waals surface area contributed by atoms with E-state index < -0.39 is 23.0 Å². The number of carbonyl (C=O) groups is 2. The summed E-state index contributed by atoms with van der Waals surface area (Å²) in [5, 5.41) is 20.2. The van der Waals surface area contributed by atoms with Gasteiger partial charge in [0, 0.05) is 29.7 Å². The fourth-order valence-corrected chi connectivity index (χ4v) is 4.44. The Morgan fingerprint density at radius 3 is 2.34 bits per heavy atom. The summed E-state index contributed by atoms with van der Waals surface area (Å²) in [4.78, 5) is 35.6. The van der Waals surface area contributed by atoms with Crippen LogP contribution >= 0.6 is 24.2 Å². The smallest absolute Gasteiger partial charge is 0.410 e. The van der Waals surface area contributed by atoms with Gasteiger partial charge in [0.1, 0.15) is 18.4 Å². The van der Waals surface area contributed by atoms with Gasteiger partial charge in [0.2, 0.25) is 0 Å². The maximum absolute atomic E-state index is 12.5. The zero-order valence-electron chi connectivity index (χ0n) is 17.2. The van der Waals surface area contributed by atoms with Crippen LogP contribution in [-0.4, -0.2) is 51.9 Å². The quantitative estimate of drug-likeness (QED) is 0.440. The first-order chi connectivity index (χ1) is 14.9. The third-order valence-corrected chi connectivity index (χ3v) is 6.25. The van der Waals surface area contributed by atoms with Gasteiger partial charge in [-0.15, -0.1) is 12.4 Å². The number of amides is 1. The summed E-state index contributed by atoms with van der Waals surface area (Å²) in [6.07, 6.45) is -0.374. The Morgan fingerprint density at radius 2 is 1.78 bits per heavy atom. The number of hydrogen-bond acceptors (Lipinski definition) is 7. The molecular formula is C21H23ClN2O7S. The molecule has 9 nitrogen and oxygen atoms in total. The molecule has 0 bridgehead atoms. The van der Waals surface area contributed by atoms with Gasteiger partial charge in [-0.05, 0) is 41.8 Å². The number of nitrogens with zero attached hydrogens (tertiary/aromatic N) is 2. The van der Waals surface area contributed by atoms with Crippen LogP contribution in [0.25, 0.3) is 0 Å². The maximum Gasteiger partial charge on any atom is 0.410 e. The van der Waals surface area contributed by atoms with E-state index in [-0.39, 0.29) is 36.5 Å². The molecule has 11 heteroatoms. The number of rotatable bonds is 8. The van der Waals surface area contributed by atoms with Crippen molar-refractivity contribution in [3.63, 3.8) is 0 Å². The van der Waals surface area contributed by atoms with E-state index in [1.54, 1.807) is 18.9 Å². The van der Waals surface area contributed by atoms with Crippen LogP contribution in [0.1, 0.15) is 17.5 Å². The van der Waals surface area contributed by atoms with Crippen molar-refractivity contribution in [1.82, 2.24) is 4.90 Å². The van der Waals surface area contributed by atoms with Gasteiger partial charge in [0.05, 0.1) is 12.0 Å². The Morgan fingerprint density at radius 1 is 1.16 bits per heavy atom. The Hall–Kier alpha value is -2.98. The number of likely N-dealkylation sites (tertiary alicyclic amines) is 1. The maximum atomic E-state index is 12.5. The molecule has 1 saturated heterocycles. The number of methoxy groups -OCH3 is 1. The fraction of sp³-hybridized carbons (Fsp3) is 0.333. The van der Waals surface area contributed by atoms with E-state index in [2.05, 4.69) is 0 Å². The summed E-state index contributed by atoms with van der Waals surface area (Å²) in [6.45, 7) is 0.181. The van der Waals surface area contributed by atoms with Crippen molar-refractivity contribution in [1.29, 1.82) is 0 Å². The molecule has 2 atom stereocenters. The highest BCUT2D eigenvalue weighted by atomic mass is 35.5. The molecule has 1 aliphatic rings. The molecule has 1 fully saturated rings. The fourth-order valence-electron chi connectivity index (χ4n) is 3.23. The first-order valence-electron chi connectivity index (χ1n) is 9.51. The minimum absolute atomic E-state index is 0. The van der Waals surface area contributed by atoms with Gasteiger partial charge in [-0.25, -0.2) is 9.59 Å². The average molecular weight is 483 g/mol. The number of thioether (sulfide) groups is 1. The number of ether oxygens (including phenoxy) is 2. The van der Waals surface area contributed by atoms with Crippen molar-refractivity contribution in [3.05, 3.63) is 69.8 Å². The minimum Gasteiger partial charge on any atom is -0.497 e. The summed E-state index contributed by atoms with van der Waals surface area (Å²) in [5.74, 6) is 0.384. The number of carboxylic acid groups (broad SMARTS) is 1. The van der Waals surface area contributed by atoms with Crippen LogP contribution in [0, 0.1) is 10.1 Å². The number of hydrogen-bond donors (Lipinski definition) is 1. The second-order valence-electron chi connectivity index (χ2n) is 7.00. The van der Waals surface area contributed by atoms with Crippen molar-refractivity contribution in [2.24, 2.45) is 0 Å². The molecule has 0 aromatic heterocycles. The van der Waals surface area contributed by atoms with Crippen LogP contribution in [0.5, 0.6) is 5.75 Å². The van der Waals surface area contributed by atoms with E-state index in [9.17, 15) is 24.8 Å². The highest BCUT2D eigenvalue weighted by molar-refractivity contribution is 7.99. The highest BCUT2D eigenvalue weighted by Gasteiger charge is 2.40. The van der Waals surface area contributed by atoms with Crippen molar-refractivity contribution < 1.29 is 29.1 Å². The minimum atomic E-state index is -1.07. The van der Waals surface area contributed by atoms with Gasteiger partial charge in [-0.3, -0.25) is 15.0 Å². The monoisotopic (exact) mass is 482 g/mol. The third-order valence-electron chi connectivity index (χ3n) is 4.94. The predicted octanol–water partition coefficient (Wildman–Crippen LogP) is 4.12. The standard InChI is InChI=1S/C21H22N2O7S.ClH/c1-29-17-8-4-15(5-9-17)13-31-18-10-19(20(24)25)22(11-18)21(26)30-12-14-2-6-16(7-3-14)23(27)28;/h2-9,18-19H,10-13H2,1H3,(H,24,25);1H/t18-,19-;/m0./s1. The molecule has 1 aliphatic heterocycles. The van der Waals surface area contributed by atoms with Crippen LogP contribution in [0.3, 0.4) is 0 Å². The third kappa shape index (κ3) is 6.51. The second-order valence-corrected chi connectivity index (χ2v) is 8.29. The SMILES string of the molecule is COc1ccc(CS[C@H]2C[C@@H](C(=O)O)N(C(=O)OCc3ccc([N+](=O)[O-])cc3)C2)cc1.Cl. The number of halogens is 1. The molecule has 1 amide bonds.